The second-order valence-electron chi connectivity index (χ2n) is 8.98. The third-order valence-corrected chi connectivity index (χ3v) is 6.58. The summed E-state index contributed by atoms with van der Waals surface area (Å²) in [7, 11) is 0. The lowest BCUT2D eigenvalue weighted by Crippen LogP contribution is -2.38. The van der Waals surface area contributed by atoms with Gasteiger partial charge < -0.3 is 23.5 Å². The molecule has 0 aliphatic carbocycles. The molecule has 0 radical (unpaired) electrons. The van der Waals surface area contributed by atoms with Crippen molar-refractivity contribution in [1.82, 2.24) is 9.80 Å². The predicted octanol–water partition coefficient (Wildman–Crippen LogP) is 3.48. The molecule has 3 aromatic rings. The van der Waals surface area contributed by atoms with Crippen LogP contribution in [-0.4, -0.2) is 81.5 Å². The number of morpholine rings is 1. The minimum atomic E-state index is 0.0237. The summed E-state index contributed by atoms with van der Waals surface area (Å²) in [5, 5.41) is 1.13. The van der Waals surface area contributed by atoms with E-state index >= 15 is 0 Å². The largest absolute Gasteiger partial charge is 0.492 e. The lowest BCUT2D eigenvalue weighted by Gasteiger charge is -2.26. The normalized spacial score (nSPS) is 19.8. The van der Waals surface area contributed by atoms with E-state index in [1.54, 1.807) is 6.26 Å². The number of hydrogen-bond donors (Lipinski definition) is 0. The summed E-state index contributed by atoms with van der Waals surface area (Å²) < 4.78 is 22.8. The Labute approximate surface area is 200 Å². The number of hydrogen-bond acceptors (Lipinski definition) is 6. The number of carbonyl (C=O) groups is 1. The van der Waals surface area contributed by atoms with Gasteiger partial charge in [-0.3, -0.25) is 9.69 Å². The number of ether oxygens (including phenoxy) is 3. The number of amides is 1. The van der Waals surface area contributed by atoms with Gasteiger partial charge >= 0.3 is 0 Å². The molecule has 2 aliphatic heterocycles. The SMILES string of the molecule is O=C(c1cccc(OCCN2CCOCC2)c1)N1CCOCC(Cc2cccc3occc23)C1. The van der Waals surface area contributed by atoms with Crippen LogP contribution < -0.4 is 4.74 Å². The predicted molar refractivity (Wildman–Crippen MR) is 129 cm³/mol. The Bertz CT molecular complexity index is 1090. The van der Waals surface area contributed by atoms with Gasteiger partial charge in [-0.1, -0.05) is 18.2 Å². The smallest absolute Gasteiger partial charge is 0.254 e. The highest BCUT2D eigenvalue weighted by Gasteiger charge is 2.24. The third kappa shape index (κ3) is 5.60. The maximum Gasteiger partial charge on any atom is 0.254 e. The van der Waals surface area contributed by atoms with Crippen LogP contribution in [0, 0.1) is 5.92 Å². The molecule has 7 nitrogen and oxygen atoms in total. The van der Waals surface area contributed by atoms with Crippen LogP contribution in [0.4, 0.5) is 0 Å². The highest BCUT2D eigenvalue weighted by Crippen LogP contribution is 2.24. The molecule has 0 N–H and O–H groups in total. The van der Waals surface area contributed by atoms with Gasteiger partial charge in [-0.05, 0) is 42.3 Å². The van der Waals surface area contributed by atoms with Crippen LogP contribution in [0.3, 0.4) is 0 Å². The lowest BCUT2D eigenvalue weighted by molar-refractivity contribution is 0.0322. The second-order valence-corrected chi connectivity index (χ2v) is 8.98. The van der Waals surface area contributed by atoms with Crippen molar-refractivity contribution in [1.29, 1.82) is 0 Å². The minimum Gasteiger partial charge on any atom is -0.492 e. The van der Waals surface area contributed by atoms with Crippen LogP contribution in [0.25, 0.3) is 11.0 Å². The van der Waals surface area contributed by atoms with E-state index in [4.69, 9.17) is 18.6 Å². The zero-order chi connectivity index (χ0) is 23.2. The summed E-state index contributed by atoms with van der Waals surface area (Å²) in [5.74, 6) is 0.976. The fraction of sp³-hybridized carbons (Fsp3) is 0.444. The zero-order valence-electron chi connectivity index (χ0n) is 19.5. The molecule has 2 saturated heterocycles. The Morgan fingerprint density at radius 1 is 1.00 bits per heavy atom. The first-order valence-electron chi connectivity index (χ1n) is 12.1. The maximum absolute atomic E-state index is 13.4. The van der Waals surface area contributed by atoms with E-state index in [1.165, 1.54) is 5.56 Å². The van der Waals surface area contributed by atoms with Crippen LogP contribution in [0.5, 0.6) is 5.75 Å². The number of nitrogens with zero attached hydrogens (tertiary/aromatic N) is 2. The molecule has 3 heterocycles. The van der Waals surface area contributed by atoms with Crippen molar-refractivity contribution in [3.8, 4) is 5.75 Å². The van der Waals surface area contributed by atoms with Gasteiger partial charge in [-0.25, -0.2) is 0 Å². The molecular weight excluding hydrogens is 432 g/mol. The fourth-order valence-electron chi connectivity index (χ4n) is 4.75. The van der Waals surface area contributed by atoms with E-state index in [1.807, 2.05) is 47.4 Å². The summed E-state index contributed by atoms with van der Waals surface area (Å²) in [5.41, 5.74) is 2.77. The standard InChI is InChI=1S/C27H32N2O5/c30-27(23-4-1-5-24(18-23)33-16-10-28-8-13-31-14-9-28)29-11-15-32-20-21(19-29)17-22-3-2-6-26-25(22)7-12-34-26/h1-7,12,18,21H,8-11,13-17,19-20H2. The molecule has 0 spiro atoms. The summed E-state index contributed by atoms with van der Waals surface area (Å²) in [6, 6.07) is 15.7. The van der Waals surface area contributed by atoms with Gasteiger partial charge in [-0.2, -0.15) is 0 Å². The van der Waals surface area contributed by atoms with Gasteiger partial charge in [0.05, 0.1) is 32.7 Å². The summed E-state index contributed by atoms with van der Waals surface area (Å²) in [4.78, 5) is 17.6. The van der Waals surface area contributed by atoms with E-state index in [0.29, 0.717) is 38.5 Å². The number of rotatable bonds is 7. The van der Waals surface area contributed by atoms with Gasteiger partial charge in [0.2, 0.25) is 0 Å². The Morgan fingerprint density at radius 3 is 2.76 bits per heavy atom. The van der Waals surface area contributed by atoms with Crippen LogP contribution in [0.15, 0.2) is 59.2 Å². The molecule has 0 bridgehead atoms. The molecule has 2 fully saturated rings. The van der Waals surface area contributed by atoms with Gasteiger partial charge in [0.25, 0.3) is 5.91 Å². The molecule has 34 heavy (non-hydrogen) atoms. The number of benzene rings is 2. The van der Waals surface area contributed by atoms with Crippen molar-refractivity contribution < 1.29 is 23.4 Å². The zero-order valence-corrected chi connectivity index (χ0v) is 19.5. The third-order valence-electron chi connectivity index (χ3n) is 6.58. The van der Waals surface area contributed by atoms with E-state index in [9.17, 15) is 4.79 Å². The highest BCUT2D eigenvalue weighted by atomic mass is 16.5. The van der Waals surface area contributed by atoms with Gasteiger partial charge in [0.1, 0.15) is 17.9 Å². The average Bonchev–Trinajstić information content (AvgIpc) is 3.24. The number of furan rings is 1. The maximum atomic E-state index is 13.4. The van der Waals surface area contributed by atoms with Crippen LogP contribution in [0.1, 0.15) is 15.9 Å². The van der Waals surface area contributed by atoms with E-state index in [-0.39, 0.29) is 11.8 Å². The second kappa shape index (κ2) is 11.0. The summed E-state index contributed by atoms with van der Waals surface area (Å²) in [6.07, 6.45) is 2.56. The van der Waals surface area contributed by atoms with E-state index < -0.39 is 0 Å². The lowest BCUT2D eigenvalue weighted by atomic mass is 9.97. The molecule has 1 atom stereocenters. The minimum absolute atomic E-state index is 0.0237. The van der Waals surface area contributed by atoms with Crippen molar-refractivity contribution >= 4 is 16.9 Å². The molecule has 180 valence electrons. The Hall–Kier alpha value is -2.87. The topological polar surface area (TPSA) is 64.4 Å². The molecule has 1 aromatic heterocycles. The molecule has 5 rings (SSSR count). The van der Waals surface area contributed by atoms with Gasteiger partial charge in [0.15, 0.2) is 0 Å². The summed E-state index contributed by atoms with van der Waals surface area (Å²) in [6.45, 7) is 7.33. The molecule has 1 unspecified atom stereocenters. The van der Waals surface area contributed by atoms with Crippen molar-refractivity contribution in [2.45, 2.75) is 6.42 Å². The van der Waals surface area contributed by atoms with Crippen LogP contribution in [0.2, 0.25) is 0 Å². The monoisotopic (exact) mass is 464 g/mol. The molecule has 2 aliphatic rings. The Kier molecular flexibility index (Phi) is 7.43. The van der Waals surface area contributed by atoms with Crippen LogP contribution in [-0.2, 0) is 15.9 Å². The fourth-order valence-corrected chi connectivity index (χ4v) is 4.75. The van der Waals surface area contributed by atoms with E-state index in [0.717, 1.165) is 56.0 Å². The van der Waals surface area contributed by atoms with Gasteiger partial charge in [-0.15, -0.1) is 0 Å². The van der Waals surface area contributed by atoms with Gasteiger partial charge in [0, 0.05) is 49.6 Å². The van der Waals surface area contributed by atoms with Crippen LogP contribution >= 0.6 is 0 Å². The van der Waals surface area contributed by atoms with Crippen molar-refractivity contribution in [3.05, 3.63) is 65.9 Å². The Morgan fingerprint density at radius 2 is 1.85 bits per heavy atom. The first kappa shape index (κ1) is 22.9. The van der Waals surface area contributed by atoms with Crippen molar-refractivity contribution in [3.63, 3.8) is 0 Å². The average molecular weight is 465 g/mol. The Balaban J connectivity index is 1.21. The first-order valence-corrected chi connectivity index (χ1v) is 12.1. The highest BCUT2D eigenvalue weighted by molar-refractivity contribution is 5.94. The quantitative estimate of drug-likeness (QED) is 0.534. The van der Waals surface area contributed by atoms with Crippen molar-refractivity contribution in [2.75, 3.05) is 65.8 Å². The first-order chi connectivity index (χ1) is 16.8. The molecular formula is C27H32N2O5. The molecule has 2 aromatic carbocycles. The number of carbonyl (C=O) groups excluding carboxylic acids is 1. The molecule has 0 saturated carbocycles. The van der Waals surface area contributed by atoms with Crippen molar-refractivity contribution in [2.24, 2.45) is 5.92 Å². The summed E-state index contributed by atoms with van der Waals surface area (Å²) >= 11 is 0. The molecule has 1 amide bonds. The number of fused-ring (bicyclic) bond motifs is 1. The molecule has 7 heteroatoms. The van der Waals surface area contributed by atoms with E-state index in [2.05, 4.69) is 11.0 Å².